The Labute approximate surface area is 346 Å². The van der Waals surface area contributed by atoms with Crippen molar-refractivity contribution in [1.29, 1.82) is 0 Å². The first-order valence-electron chi connectivity index (χ1n) is 20.9. The van der Waals surface area contributed by atoms with Crippen molar-refractivity contribution >= 4 is 105 Å². The Morgan fingerprint density at radius 1 is 0.265 bits per heavy atom. The van der Waals surface area contributed by atoms with Gasteiger partial charge in [0.05, 0.1) is 0 Å². The van der Waals surface area contributed by atoms with Gasteiger partial charge in [-0.1, -0.05) is 167 Å². The third-order valence-electron chi connectivity index (χ3n) is 10.3. The normalized spacial score (nSPS) is 27.4. The Hall–Kier alpha value is 2.97. The van der Waals surface area contributed by atoms with Crippen molar-refractivity contribution in [2.75, 3.05) is 17.6 Å². The minimum Gasteiger partial charge on any atom is -0.127 e. The average molecular weight is 853 g/mol. The second-order valence-corrected chi connectivity index (χ2v) is 28.8. The monoisotopic (exact) mass is 850 g/mol. The average Bonchev–Trinajstić information content (AvgIpc) is 3.07. The molecule has 0 aromatic carbocycles. The molecule has 9 heteroatoms. The fourth-order valence-electron chi connectivity index (χ4n) is 7.54. The van der Waals surface area contributed by atoms with Crippen molar-refractivity contribution in [1.82, 2.24) is 0 Å². The molecule has 0 nitrogen and oxygen atoms in total. The van der Waals surface area contributed by atoms with Crippen LogP contribution in [0.4, 0.5) is 0 Å². The summed E-state index contributed by atoms with van der Waals surface area (Å²) in [4.78, 5) is 0. The zero-order valence-corrected chi connectivity index (χ0v) is 38.5. The molecule has 0 amide bonds. The van der Waals surface area contributed by atoms with Gasteiger partial charge >= 0.3 is 0 Å². The van der Waals surface area contributed by atoms with E-state index in [1.807, 2.05) is 0 Å². The van der Waals surface area contributed by atoms with Crippen LogP contribution in [-0.2, 0) is 0 Å². The SMILES string of the molecule is CCCCCCCCCC12SC3(CCCCCCCCCCl)SC(CCCCCCCCCCl)(S1)SC(CCCCCCCCCCl)(S2)S3. The first kappa shape index (κ1) is 46.4. The molecule has 0 aliphatic carbocycles. The molecule has 4 rings (SSSR count). The first-order chi connectivity index (χ1) is 24.0. The van der Waals surface area contributed by atoms with Crippen molar-refractivity contribution in [3.8, 4) is 0 Å². The van der Waals surface area contributed by atoms with Crippen molar-refractivity contribution in [3.05, 3.63) is 0 Å². The van der Waals surface area contributed by atoms with E-state index in [1.54, 1.807) is 0 Å². The maximum atomic E-state index is 5.93. The highest BCUT2D eigenvalue weighted by atomic mass is 35.5. The van der Waals surface area contributed by atoms with E-state index in [-0.39, 0.29) is 0 Å². The van der Waals surface area contributed by atoms with Crippen LogP contribution >= 0.6 is 105 Å². The number of hydrogen-bond acceptors (Lipinski definition) is 6. The predicted molar refractivity (Wildman–Crippen MR) is 242 cm³/mol. The molecule has 0 radical (unpaired) electrons. The summed E-state index contributed by atoms with van der Waals surface area (Å²) in [6.07, 6.45) is 44.1. The van der Waals surface area contributed by atoms with E-state index in [9.17, 15) is 0 Å². The first-order valence-corrected chi connectivity index (χ1v) is 27.4. The van der Waals surface area contributed by atoms with E-state index in [0.29, 0.717) is 13.6 Å². The van der Waals surface area contributed by atoms with Crippen LogP contribution in [0.25, 0.3) is 0 Å². The molecule has 4 aliphatic rings. The molecule has 290 valence electrons. The number of rotatable bonds is 35. The summed E-state index contributed by atoms with van der Waals surface area (Å²) in [7, 11) is 0. The zero-order chi connectivity index (χ0) is 35.0. The van der Waals surface area contributed by atoms with E-state index in [2.05, 4.69) is 77.5 Å². The Morgan fingerprint density at radius 3 is 0.653 bits per heavy atom. The molecule has 4 fully saturated rings. The lowest BCUT2D eigenvalue weighted by molar-refractivity contribution is 0.567. The lowest BCUT2D eigenvalue weighted by Crippen LogP contribution is -2.53. The Balaban J connectivity index is 1.67. The highest BCUT2D eigenvalue weighted by Gasteiger charge is 2.71. The second-order valence-electron chi connectivity index (χ2n) is 15.0. The van der Waals surface area contributed by atoms with Gasteiger partial charge in [-0.05, 0) is 44.9 Å². The summed E-state index contributed by atoms with van der Waals surface area (Å²) < 4.78 is 1.41. The third-order valence-corrected chi connectivity index (χ3v) is 23.3. The minimum atomic E-state index is 0.352. The van der Waals surface area contributed by atoms with E-state index in [4.69, 9.17) is 34.8 Å². The maximum Gasteiger partial charge on any atom is 0.113 e. The summed E-state index contributed by atoms with van der Waals surface area (Å²) in [5, 5.41) is 0. The predicted octanol–water partition coefficient (Wildman–Crippen LogP) is 18.3. The second kappa shape index (κ2) is 27.5. The molecule has 0 spiro atoms. The lowest BCUT2D eigenvalue weighted by atomic mass is 10.1. The van der Waals surface area contributed by atoms with Crippen LogP contribution in [0.1, 0.15) is 212 Å². The molecule has 0 atom stereocenters. The number of alkyl halides is 3. The number of unbranched alkanes of at least 4 members (excludes halogenated alkanes) is 24. The van der Waals surface area contributed by atoms with Gasteiger partial charge in [-0.3, -0.25) is 0 Å². The van der Waals surface area contributed by atoms with Crippen molar-refractivity contribution in [3.63, 3.8) is 0 Å². The minimum absolute atomic E-state index is 0.352. The van der Waals surface area contributed by atoms with Gasteiger partial charge in [0.2, 0.25) is 0 Å². The van der Waals surface area contributed by atoms with E-state index >= 15 is 0 Å². The highest BCUT2D eigenvalue weighted by molar-refractivity contribution is 8.64. The number of thioether (sulfide) groups is 6. The topological polar surface area (TPSA) is 0 Å². The number of hydrogen-bond donors (Lipinski definition) is 0. The van der Waals surface area contributed by atoms with Crippen LogP contribution in [-0.4, -0.2) is 31.3 Å². The zero-order valence-electron chi connectivity index (χ0n) is 31.3. The van der Waals surface area contributed by atoms with Gasteiger partial charge in [0, 0.05) is 17.6 Å². The largest absolute Gasteiger partial charge is 0.127 e. The maximum absolute atomic E-state index is 5.93. The van der Waals surface area contributed by atoms with Gasteiger partial charge in [0.1, 0.15) is 13.6 Å². The molecule has 0 unspecified atom stereocenters. The Bertz CT molecular complexity index is 723. The Kier molecular flexibility index (Phi) is 26.1. The standard InChI is InChI=1S/C40H73Cl3S6/c1-2-3-4-5-9-16-23-30-37-44-38(31-24-17-10-6-13-20-27-34-41)47-39(45-37,32-25-18-11-7-14-21-28-35-42)49-40(46-37,48-38)33-26-19-12-8-15-22-29-36-43/h2-36H2,1H3. The summed E-state index contributed by atoms with van der Waals surface area (Å²) in [5.41, 5.74) is 0. The van der Waals surface area contributed by atoms with Gasteiger partial charge in [-0.25, -0.2) is 0 Å². The molecule has 0 aromatic heterocycles. The van der Waals surface area contributed by atoms with Crippen molar-refractivity contribution in [2.24, 2.45) is 0 Å². The summed E-state index contributed by atoms with van der Waals surface area (Å²) >= 11 is 32.5. The fourth-order valence-corrected chi connectivity index (χ4v) is 29.9. The van der Waals surface area contributed by atoms with Crippen molar-refractivity contribution < 1.29 is 0 Å². The van der Waals surface area contributed by atoms with Crippen LogP contribution in [0, 0.1) is 0 Å². The summed E-state index contributed by atoms with van der Waals surface area (Å²) in [6, 6.07) is 0. The summed E-state index contributed by atoms with van der Waals surface area (Å²) in [5.74, 6) is 2.49. The molecule has 4 heterocycles. The van der Waals surface area contributed by atoms with E-state index in [1.165, 1.54) is 205 Å². The van der Waals surface area contributed by atoms with Gasteiger partial charge in [0.25, 0.3) is 0 Å². The van der Waals surface area contributed by atoms with Crippen LogP contribution in [0.5, 0.6) is 0 Å². The lowest BCUT2D eigenvalue weighted by Gasteiger charge is -2.67. The van der Waals surface area contributed by atoms with Gasteiger partial charge < -0.3 is 0 Å². The van der Waals surface area contributed by atoms with Crippen LogP contribution in [0.15, 0.2) is 0 Å². The molecule has 49 heavy (non-hydrogen) atoms. The summed E-state index contributed by atoms with van der Waals surface area (Å²) in [6.45, 7) is 2.34. The molecule has 4 bridgehead atoms. The Morgan fingerprint density at radius 2 is 0.449 bits per heavy atom. The quantitative estimate of drug-likeness (QED) is 0.0457. The molecule has 0 N–H and O–H groups in total. The molecule has 0 saturated carbocycles. The van der Waals surface area contributed by atoms with Crippen LogP contribution in [0.3, 0.4) is 0 Å². The molecular formula is C40H73Cl3S6. The van der Waals surface area contributed by atoms with Gasteiger partial charge in [-0.15, -0.1) is 105 Å². The van der Waals surface area contributed by atoms with Gasteiger partial charge in [-0.2, -0.15) is 0 Å². The van der Waals surface area contributed by atoms with E-state index < -0.39 is 0 Å². The highest BCUT2D eigenvalue weighted by Crippen LogP contribution is 2.91. The van der Waals surface area contributed by atoms with Crippen LogP contribution < -0.4 is 0 Å². The molecule has 4 saturated heterocycles. The van der Waals surface area contributed by atoms with E-state index in [0.717, 1.165) is 17.6 Å². The molecular weight excluding hydrogens is 779 g/mol. The fraction of sp³-hybridized carbons (Fsp3) is 1.00. The number of halogens is 3. The smallest absolute Gasteiger partial charge is 0.113 e. The molecule has 0 aromatic rings. The third kappa shape index (κ3) is 18.2. The molecule has 4 aliphatic heterocycles. The van der Waals surface area contributed by atoms with Crippen molar-refractivity contribution in [2.45, 2.75) is 226 Å². The van der Waals surface area contributed by atoms with Crippen LogP contribution in [0.2, 0.25) is 0 Å². The van der Waals surface area contributed by atoms with Gasteiger partial charge in [0.15, 0.2) is 0 Å².